The Morgan fingerprint density at radius 2 is 2.06 bits per heavy atom. The standard InChI is InChI=1S/C14H29NO3/c1-14(2)7-6-13(18-14)12-15-8-4-5-9-17-11-10-16-3/h13,15H,4-12H2,1-3H3. The van der Waals surface area contributed by atoms with Crippen LogP contribution >= 0.6 is 0 Å². The molecule has 1 heterocycles. The first-order chi connectivity index (χ1) is 8.64. The lowest BCUT2D eigenvalue weighted by Gasteiger charge is -2.19. The fourth-order valence-corrected chi connectivity index (χ4v) is 2.18. The third-order valence-electron chi connectivity index (χ3n) is 3.25. The van der Waals surface area contributed by atoms with Crippen molar-refractivity contribution in [1.29, 1.82) is 0 Å². The molecule has 1 fully saturated rings. The second-order valence-electron chi connectivity index (χ2n) is 5.55. The summed E-state index contributed by atoms with van der Waals surface area (Å²) < 4.78 is 16.2. The zero-order valence-electron chi connectivity index (χ0n) is 12.2. The molecule has 1 atom stereocenters. The average Bonchev–Trinajstić information content (AvgIpc) is 2.67. The van der Waals surface area contributed by atoms with Crippen molar-refractivity contribution in [1.82, 2.24) is 5.32 Å². The summed E-state index contributed by atoms with van der Waals surface area (Å²) in [6, 6.07) is 0. The zero-order chi connectivity index (χ0) is 13.3. The Balaban J connectivity index is 1.82. The lowest BCUT2D eigenvalue weighted by atomic mass is 10.1. The predicted octanol–water partition coefficient (Wildman–Crippen LogP) is 1.98. The Kier molecular flexibility index (Phi) is 7.82. The van der Waals surface area contributed by atoms with Gasteiger partial charge in [-0.15, -0.1) is 0 Å². The number of methoxy groups -OCH3 is 1. The zero-order valence-corrected chi connectivity index (χ0v) is 12.2. The molecule has 108 valence electrons. The Labute approximate surface area is 111 Å². The van der Waals surface area contributed by atoms with Gasteiger partial charge in [-0.05, 0) is 46.1 Å². The minimum absolute atomic E-state index is 0.0849. The Bertz CT molecular complexity index is 209. The molecule has 0 aromatic heterocycles. The maximum absolute atomic E-state index is 5.92. The summed E-state index contributed by atoms with van der Waals surface area (Å²) in [5.41, 5.74) is 0.0849. The van der Waals surface area contributed by atoms with Crippen molar-refractivity contribution in [3.05, 3.63) is 0 Å². The smallest absolute Gasteiger partial charge is 0.0707 e. The van der Waals surface area contributed by atoms with Gasteiger partial charge in [0.25, 0.3) is 0 Å². The van der Waals surface area contributed by atoms with Gasteiger partial charge in [-0.3, -0.25) is 0 Å². The van der Waals surface area contributed by atoms with E-state index >= 15 is 0 Å². The van der Waals surface area contributed by atoms with Crippen LogP contribution in [0.25, 0.3) is 0 Å². The summed E-state index contributed by atoms with van der Waals surface area (Å²) in [4.78, 5) is 0. The van der Waals surface area contributed by atoms with Gasteiger partial charge < -0.3 is 19.5 Å². The van der Waals surface area contributed by atoms with Gasteiger partial charge in [0.2, 0.25) is 0 Å². The van der Waals surface area contributed by atoms with Crippen molar-refractivity contribution in [2.24, 2.45) is 0 Å². The van der Waals surface area contributed by atoms with E-state index in [1.807, 2.05) is 0 Å². The van der Waals surface area contributed by atoms with Crippen molar-refractivity contribution in [2.45, 2.75) is 51.2 Å². The molecule has 18 heavy (non-hydrogen) atoms. The summed E-state index contributed by atoms with van der Waals surface area (Å²) in [6.07, 6.45) is 5.02. The van der Waals surface area contributed by atoms with Gasteiger partial charge >= 0.3 is 0 Å². The van der Waals surface area contributed by atoms with Crippen LogP contribution < -0.4 is 5.32 Å². The van der Waals surface area contributed by atoms with Crippen LogP contribution in [0.1, 0.15) is 39.5 Å². The molecule has 1 saturated heterocycles. The van der Waals surface area contributed by atoms with E-state index in [0.717, 1.165) is 32.5 Å². The summed E-state index contributed by atoms with van der Waals surface area (Å²) in [5.74, 6) is 0. The van der Waals surface area contributed by atoms with E-state index < -0.39 is 0 Å². The van der Waals surface area contributed by atoms with E-state index in [-0.39, 0.29) is 5.60 Å². The predicted molar refractivity (Wildman–Crippen MR) is 73.0 cm³/mol. The molecule has 0 radical (unpaired) electrons. The number of hydrogen-bond donors (Lipinski definition) is 1. The fourth-order valence-electron chi connectivity index (χ4n) is 2.18. The molecule has 0 aliphatic carbocycles. The minimum atomic E-state index is 0.0849. The minimum Gasteiger partial charge on any atom is -0.382 e. The molecule has 0 saturated carbocycles. The topological polar surface area (TPSA) is 39.7 Å². The Morgan fingerprint density at radius 3 is 2.72 bits per heavy atom. The second-order valence-corrected chi connectivity index (χ2v) is 5.55. The van der Waals surface area contributed by atoms with Crippen molar-refractivity contribution in [3.63, 3.8) is 0 Å². The molecular formula is C14H29NO3. The first kappa shape index (κ1) is 15.9. The molecule has 1 aliphatic rings. The first-order valence-electron chi connectivity index (χ1n) is 7.09. The highest BCUT2D eigenvalue weighted by atomic mass is 16.5. The number of ether oxygens (including phenoxy) is 3. The number of unbranched alkanes of at least 4 members (excludes halogenated alkanes) is 1. The molecular weight excluding hydrogens is 230 g/mol. The Morgan fingerprint density at radius 1 is 1.22 bits per heavy atom. The van der Waals surface area contributed by atoms with Gasteiger partial charge in [-0.25, -0.2) is 0 Å². The van der Waals surface area contributed by atoms with Gasteiger partial charge in [0, 0.05) is 20.3 Å². The highest BCUT2D eigenvalue weighted by molar-refractivity contribution is 4.81. The summed E-state index contributed by atoms with van der Waals surface area (Å²) in [6.45, 7) is 8.59. The normalized spacial score (nSPS) is 22.5. The van der Waals surface area contributed by atoms with Gasteiger partial charge in [0.15, 0.2) is 0 Å². The quantitative estimate of drug-likeness (QED) is 0.609. The molecule has 0 aromatic rings. The van der Waals surface area contributed by atoms with E-state index in [1.165, 1.54) is 12.8 Å². The van der Waals surface area contributed by atoms with Crippen LogP contribution in [0.4, 0.5) is 0 Å². The SMILES string of the molecule is COCCOCCCCNCC1CCC(C)(C)O1. The van der Waals surface area contributed by atoms with Gasteiger partial charge in [0.05, 0.1) is 24.9 Å². The molecule has 1 rings (SSSR count). The van der Waals surface area contributed by atoms with Crippen LogP contribution in [-0.4, -0.2) is 51.7 Å². The molecule has 0 aromatic carbocycles. The van der Waals surface area contributed by atoms with Crippen LogP contribution in [0, 0.1) is 0 Å². The van der Waals surface area contributed by atoms with E-state index in [9.17, 15) is 0 Å². The van der Waals surface area contributed by atoms with Crippen LogP contribution in [-0.2, 0) is 14.2 Å². The summed E-state index contributed by atoms with van der Waals surface area (Å²) in [7, 11) is 1.69. The average molecular weight is 259 g/mol. The second kappa shape index (κ2) is 8.86. The lowest BCUT2D eigenvalue weighted by molar-refractivity contribution is -0.0141. The van der Waals surface area contributed by atoms with Crippen LogP contribution in [0.5, 0.6) is 0 Å². The molecule has 1 aliphatic heterocycles. The maximum Gasteiger partial charge on any atom is 0.0707 e. The third kappa shape index (κ3) is 7.31. The van der Waals surface area contributed by atoms with Crippen LogP contribution in [0.15, 0.2) is 0 Å². The monoisotopic (exact) mass is 259 g/mol. The lowest BCUT2D eigenvalue weighted by Crippen LogP contribution is -2.30. The molecule has 0 bridgehead atoms. The summed E-state index contributed by atoms with van der Waals surface area (Å²) in [5, 5.41) is 3.46. The van der Waals surface area contributed by atoms with E-state index in [4.69, 9.17) is 14.2 Å². The maximum atomic E-state index is 5.92. The number of nitrogens with one attached hydrogen (secondary N) is 1. The van der Waals surface area contributed by atoms with Gasteiger partial charge in [-0.2, -0.15) is 0 Å². The number of rotatable bonds is 10. The van der Waals surface area contributed by atoms with Gasteiger partial charge in [0.1, 0.15) is 0 Å². The van der Waals surface area contributed by atoms with E-state index in [1.54, 1.807) is 7.11 Å². The molecule has 4 heteroatoms. The van der Waals surface area contributed by atoms with Crippen molar-refractivity contribution >= 4 is 0 Å². The molecule has 1 N–H and O–H groups in total. The highest BCUT2D eigenvalue weighted by Crippen LogP contribution is 2.28. The Hall–Kier alpha value is -0.160. The third-order valence-corrected chi connectivity index (χ3v) is 3.25. The number of hydrogen-bond acceptors (Lipinski definition) is 4. The van der Waals surface area contributed by atoms with E-state index in [2.05, 4.69) is 19.2 Å². The van der Waals surface area contributed by atoms with Crippen molar-refractivity contribution in [2.75, 3.05) is 40.0 Å². The van der Waals surface area contributed by atoms with Crippen LogP contribution in [0.3, 0.4) is 0 Å². The molecule has 0 spiro atoms. The van der Waals surface area contributed by atoms with Crippen molar-refractivity contribution < 1.29 is 14.2 Å². The largest absolute Gasteiger partial charge is 0.382 e. The molecule has 1 unspecified atom stereocenters. The molecule has 0 amide bonds. The van der Waals surface area contributed by atoms with Gasteiger partial charge in [-0.1, -0.05) is 0 Å². The fraction of sp³-hybridized carbons (Fsp3) is 1.00. The van der Waals surface area contributed by atoms with Crippen molar-refractivity contribution in [3.8, 4) is 0 Å². The van der Waals surface area contributed by atoms with E-state index in [0.29, 0.717) is 19.3 Å². The van der Waals surface area contributed by atoms with Crippen LogP contribution in [0.2, 0.25) is 0 Å². The first-order valence-corrected chi connectivity index (χ1v) is 7.09. The highest BCUT2D eigenvalue weighted by Gasteiger charge is 2.30. The summed E-state index contributed by atoms with van der Waals surface area (Å²) >= 11 is 0. The molecule has 4 nitrogen and oxygen atoms in total.